The highest BCUT2D eigenvalue weighted by atomic mass is 16.7. The van der Waals surface area contributed by atoms with Crippen LogP contribution in [0.2, 0.25) is 0 Å². The van der Waals surface area contributed by atoms with Crippen molar-refractivity contribution >= 4 is 5.91 Å². The van der Waals surface area contributed by atoms with E-state index in [1.165, 1.54) is 0 Å². The molecule has 5 nitrogen and oxygen atoms in total. The Hall–Kier alpha value is -2.53. The maximum absolute atomic E-state index is 12.0. The number of primary amides is 1. The summed E-state index contributed by atoms with van der Waals surface area (Å²) in [6.07, 6.45) is 0.890. The van der Waals surface area contributed by atoms with Crippen molar-refractivity contribution in [2.45, 2.75) is 19.0 Å². The number of carbonyl (C=O) groups is 1. The number of benzene rings is 2. The Morgan fingerprint density at radius 3 is 3.04 bits per heavy atom. The smallest absolute Gasteiger partial charge is 0.239 e. The van der Waals surface area contributed by atoms with E-state index in [1.807, 2.05) is 36.4 Å². The average Bonchev–Trinajstić information content (AvgIpc) is 3.02. The largest absolute Gasteiger partial charge is 0.454 e. The summed E-state index contributed by atoms with van der Waals surface area (Å²) in [7, 11) is 0. The Balaban J connectivity index is 1.62. The fraction of sp³-hybridized carbons (Fsp3) is 0.278. The Labute approximate surface area is 134 Å². The molecule has 1 radical (unpaired) electrons. The van der Waals surface area contributed by atoms with E-state index in [-0.39, 0.29) is 12.7 Å². The van der Waals surface area contributed by atoms with Gasteiger partial charge in [-0.2, -0.15) is 0 Å². The molecule has 1 atom stereocenters. The number of nitrogens with zero attached hydrogens (tertiary/aromatic N) is 1. The van der Waals surface area contributed by atoms with Crippen LogP contribution in [0.1, 0.15) is 22.7 Å². The molecule has 23 heavy (non-hydrogen) atoms. The highest BCUT2D eigenvalue weighted by molar-refractivity contribution is 5.82. The van der Waals surface area contributed by atoms with Crippen molar-refractivity contribution < 1.29 is 14.3 Å². The van der Waals surface area contributed by atoms with Crippen molar-refractivity contribution in [1.29, 1.82) is 0 Å². The lowest BCUT2D eigenvalue weighted by molar-refractivity contribution is -0.124. The minimum atomic E-state index is -0.404. The van der Waals surface area contributed by atoms with Gasteiger partial charge >= 0.3 is 0 Å². The maximum Gasteiger partial charge on any atom is 0.239 e. The molecule has 1 amide bonds. The van der Waals surface area contributed by atoms with E-state index < -0.39 is 6.04 Å². The van der Waals surface area contributed by atoms with Gasteiger partial charge in [0.1, 0.15) is 6.04 Å². The van der Waals surface area contributed by atoms with Gasteiger partial charge in [-0.15, -0.1) is 0 Å². The molecule has 0 saturated heterocycles. The molecule has 117 valence electrons. The zero-order chi connectivity index (χ0) is 15.8. The number of carbonyl (C=O) groups excluding carboxylic acids is 1. The summed E-state index contributed by atoms with van der Waals surface area (Å²) in [5.41, 5.74) is 8.90. The first-order valence-corrected chi connectivity index (χ1v) is 7.63. The zero-order valence-corrected chi connectivity index (χ0v) is 12.6. The number of ether oxygens (including phenoxy) is 2. The van der Waals surface area contributed by atoms with Crippen LogP contribution in [-0.4, -0.2) is 24.1 Å². The fourth-order valence-electron chi connectivity index (χ4n) is 3.33. The van der Waals surface area contributed by atoms with Crippen molar-refractivity contribution in [1.82, 2.24) is 4.90 Å². The Kier molecular flexibility index (Phi) is 3.42. The van der Waals surface area contributed by atoms with E-state index in [0.717, 1.165) is 41.2 Å². The normalized spacial score (nSPS) is 19.4. The van der Waals surface area contributed by atoms with Crippen molar-refractivity contribution in [3.63, 3.8) is 0 Å². The van der Waals surface area contributed by atoms with E-state index in [4.69, 9.17) is 15.2 Å². The minimum Gasteiger partial charge on any atom is -0.454 e. The van der Waals surface area contributed by atoms with Crippen LogP contribution in [0, 0.1) is 6.07 Å². The Morgan fingerprint density at radius 1 is 1.30 bits per heavy atom. The summed E-state index contributed by atoms with van der Waals surface area (Å²) in [4.78, 5) is 14.1. The first-order chi connectivity index (χ1) is 11.2. The van der Waals surface area contributed by atoms with Crippen LogP contribution < -0.4 is 15.2 Å². The lowest BCUT2D eigenvalue weighted by atomic mass is 9.92. The summed E-state index contributed by atoms with van der Waals surface area (Å²) in [5, 5.41) is 0. The Morgan fingerprint density at radius 2 is 2.17 bits per heavy atom. The molecular formula is C18H17N2O3. The molecule has 0 saturated carbocycles. The number of rotatable bonds is 3. The van der Waals surface area contributed by atoms with Gasteiger partial charge in [-0.1, -0.05) is 24.3 Å². The monoisotopic (exact) mass is 309 g/mol. The van der Waals surface area contributed by atoms with Crippen LogP contribution in [0.4, 0.5) is 0 Å². The molecule has 2 heterocycles. The van der Waals surface area contributed by atoms with E-state index in [0.29, 0.717) is 6.54 Å². The van der Waals surface area contributed by atoms with Crippen molar-refractivity contribution in [2.75, 3.05) is 13.3 Å². The first-order valence-electron chi connectivity index (χ1n) is 7.63. The first kappa shape index (κ1) is 14.1. The summed E-state index contributed by atoms with van der Waals surface area (Å²) < 4.78 is 10.8. The molecule has 2 aliphatic rings. The average molecular weight is 309 g/mol. The minimum absolute atomic E-state index is 0.260. The van der Waals surface area contributed by atoms with Gasteiger partial charge < -0.3 is 15.2 Å². The molecule has 0 aromatic heterocycles. The molecule has 5 heteroatoms. The fourth-order valence-corrected chi connectivity index (χ4v) is 3.33. The molecular weight excluding hydrogens is 292 g/mol. The predicted octanol–water partition coefficient (Wildman–Crippen LogP) is 1.80. The van der Waals surface area contributed by atoms with Gasteiger partial charge in [0.2, 0.25) is 12.7 Å². The quantitative estimate of drug-likeness (QED) is 0.939. The van der Waals surface area contributed by atoms with Crippen molar-refractivity contribution in [2.24, 2.45) is 5.73 Å². The number of hydrogen-bond acceptors (Lipinski definition) is 4. The highest BCUT2D eigenvalue weighted by Gasteiger charge is 2.31. The number of hydrogen-bond donors (Lipinski definition) is 1. The number of amides is 1. The van der Waals surface area contributed by atoms with E-state index in [1.54, 1.807) is 0 Å². The molecule has 0 bridgehead atoms. The van der Waals surface area contributed by atoms with Gasteiger partial charge in [0.25, 0.3) is 0 Å². The van der Waals surface area contributed by atoms with E-state index in [9.17, 15) is 4.79 Å². The number of fused-ring (bicyclic) bond motifs is 2. The van der Waals surface area contributed by atoms with Crippen molar-refractivity contribution in [3.05, 3.63) is 59.2 Å². The van der Waals surface area contributed by atoms with Gasteiger partial charge in [0, 0.05) is 13.1 Å². The third kappa shape index (κ3) is 2.53. The molecule has 4 rings (SSSR count). The van der Waals surface area contributed by atoms with Gasteiger partial charge in [0.05, 0.1) is 0 Å². The molecule has 2 aromatic rings. The van der Waals surface area contributed by atoms with Gasteiger partial charge in [0.15, 0.2) is 11.5 Å². The molecule has 0 spiro atoms. The second-order valence-corrected chi connectivity index (χ2v) is 5.84. The summed E-state index contributed by atoms with van der Waals surface area (Å²) in [6, 6.07) is 14.3. The van der Waals surface area contributed by atoms with Gasteiger partial charge in [-0.05, 0) is 41.3 Å². The maximum atomic E-state index is 12.0. The van der Waals surface area contributed by atoms with Crippen LogP contribution in [0.25, 0.3) is 0 Å². The molecule has 2 N–H and O–H groups in total. The van der Waals surface area contributed by atoms with Crippen LogP contribution >= 0.6 is 0 Å². The molecule has 2 aliphatic heterocycles. The summed E-state index contributed by atoms with van der Waals surface area (Å²) >= 11 is 0. The number of nitrogens with two attached hydrogens (primary N) is 1. The molecule has 1 unspecified atom stereocenters. The summed E-state index contributed by atoms with van der Waals surface area (Å²) in [5.74, 6) is 1.20. The molecule has 0 fully saturated rings. The van der Waals surface area contributed by atoms with Gasteiger partial charge in [-0.3, -0.25) is 9.69 Å². The topological polar surface area (TPSA) is 64.8 Å². The Bertz CT molecular complexity index is 760. The van der Waals surface area contributed by atoms with Crippen LogP contribution in [0.5, 0.6) is 11.5 Å². The second kappa shape index (κ2) is 5.59. The SMILES string of the molecule is NC(=O)C1c2cc[c]cc2CCN1Cc1ccc2c(c1)OCO2. The summed E-state index contributed by atoms with van der Waals surface area (Å²) in [6.45, 7) is 1.69. The van der Waals surface area contributed by atoms with Crippen LogP contribution in [0.15, 0.2) is 36.4 Å². The molecule has 2 aromatic carbocycles. The zero-order valence-electron chi connectivity index (χ0n) is 12.6. The third-order valence-electron chi connectivity index (χ3n) is 4.41. The van der Waals surface area contributed by atoms with Gasteiger partial charge in [-0.25, -0.2) is 0 Å². The van der Waals surface area contributed by atoms with Crippen LogP contribution in [0.3, 0.4) is 0 Å². The van der Waals surface area contributed by atoms with E-state index >= 15 is 0 Å². The van der Waals surface area contributed by atoms with Crippen molar-refractivity contribution in [3.8, 4) is 11.5 Å². The predicted molar refractivity (Wildman–Crippen MR) is 83.9 cm³/mol. The van der Waals surface area contributed by atoms with E-state index in [2.05, 4.69) is 11.0 Å². The second-order valence-electron chi connectivity index (χ2n) is 5.84. The van der Waals surface area contributed by atoms with Crippen LogP contribution in [-0.2, 0) is 17.8 Å². The standard InChI is InChI=1S/C18H17N2O3/c19-18(21)17-14-4-2-1-3-13(14)7-8-20(17)10-12-5-6-15-16(9-12)23-11-22-15/h2-6,9,17H,7-8,10-11H2,(H2,19,21). The lowest BCUT2D eigenvalue weighted by Crippen LogP contribution is -2.42. The molecule has 0 aliphatic carbocycles. The third-order valence-corrected chi connectivity index (χ3v) is 4.41. The highest BCUT2D eigenvalue weighted by Crippen LogP contribution is 2.35. The lowest BCUT2D eigenvalue weighted by Gasteiger charge is -2.35.